The number of para-hydroxylation sites is 1. The van der Waals surface area contributed by atoms with Crippen LogP contribution in [0.3, 0.4) is 0 Å². The van der Waals surface area contributed by atoms with Gasteiger partial charge in [-0.05, 0) is 52.4 Å². The standard InChI is InChI=1S/C13H16BrN3S/c14-10-3-1-2-4-11(10)17-12(15)16-9-13(17)5-7-18-8-6-13/h1-4H,5-9H2,(H2,15,16). The van der Waals surface area contributed by atoms with Gasteiger partial charge in [-0.2, -0.15) is 11.8 Å². The fourth-order valence-electron chi connectivity index (χ4n) is 2.76. The molecule has 0 aliphatic carbocycles. The van der Waals surface area contributed by atoms with Crippen molar-refractivity contribution in [2.45, 2.75) is 18.4 Å². The first-order valence-corrected chi connectivity index (χ1v) is 8.10. The van der Waals surface area contributed by atoms with E-state index in [1.807, 2.05) is 17.8 Å². The molecule has 0 atom stereocenters. The number of thioether (sulfide) groups is 1. The van der Waals surface area contributed by atoms with E-state index in [1.54, 1.807) is 0 Å². The van der Waals surface area contributed by atoms with Crippen molar-refractivity contribution in [2.75, 3.05) is 23.0 Å². The Kier molecular flexibility index (Phi) is 3.28. The van der Waals surface area contributed by atoms with E-state index in [9.17, 15) is 0 Å². The summed E-state index contributed by atoms with van der Waals surface area (Å²) in [5.41, 5.74) is 7.39. The lowest BCUT2D eigenvalue weighted by atomic mass is 9.90. The zero-order chi connectivity index (χ0) is 12.6. The minimum atomic E-state index is 0.110. The molecule has 18 heavy (non-hydrogen) atoms. The van der Waals surface area contributed by atoms with E-state index in [2.05, 4.69) is 44.0 Å². The van der Waals surface area contributed by atoms with Crippen LogP contribution in [0.1, 0.15) is 12.8 Å². The lowest BCUT2D eigenvalue weighted by Gasteiger charge is -2.42. The molecule has 96 valence electrons. The van der Waals surface area contributed by atoms with Gasteiger partial charge in [-0.25, -0.2) is 0 Å². The minimum Gasteiger partial charge on any atom is -0.369 e. The Morgan fingerprint density at radius 1 is 1.28 bits per heavy atom. The summed E-state index contributed by atoms with van der Waals surface area (Å²) in [4.78, 5) is 6.75. The molecule has 1 saturated heterocycles. The molecule has 0 amide bonds. The molecule has 1 aromatic carbocycles. The molecule has 0 unspecified atom stereocenters. The lowest BCUT2D eigenvalue weighted by molar-refractivity contribution is 0.424. The van der Waals surface area contributed by atoms with E-state index in [1.165, 1.54) is 11.5 Å². The number of nitrogens with zero attached hydrogens (tertiary/aromatic N) is 2. The number of aliphatic imine (C=N–C) groups is 1. The van der Waals surface area contributed by atoms with Crippen LogP contribution in [0.25, 0.3) is 0 Å². The van der Waals surface area contributed by atoms with Gasteiger partial charge in [-0.1, -0.05) is 12.1 Å². The summed E-state index contributed by atoms with van der Waals surface area (Å²) in [6.07, 6.45) is 2.31. The summed E-state index contributed by atoms with van der Waals surface area (Å²) < 4.78 is 1.09. The molecule has 0 saturated carbocycles. The Balaban J connectivity index is 2.01. The molecule has 1 spiro atoms. The smallest absolute Gasteiger partial charge is 0.196 e. The molecule has 2 aliphatic rings. The van der Waals surface area contributed by atoms with Crippen molar-refractivity contribution in [1.82, 2.24) is 0 Å². The Morgan fingerprint density at radius 2 is 2.00 bits per heavy atom. The molecule has 3 rings (SSSR count). The van der Waals surface area contributed by atoms with Crippen molar-refractivity contribution in [1.29, 1.82) is 0 Å². The molecule has 0 bridgehead atoms. The quantitative estimate of drug-likeness (QED) is 0.863. The van der Waals surface area contributed by atoms with E-state index in [0.717, 1.165) is 29.5 Å². The normalized spacial score (nSPS) is 22.3. The fourth-order valence-corrected chi connectivity index (χ4v) is 4.47. The topological polar surface area (TPSA) is 41.6 Å². The largest absolute Gasteiger partial charge is 0.369 e. The van der Waals surface area contributed by atoms with Crippen molar-refractivity contribution < 1.29 is 0 Å². The van der Waals surface area contributed by atoms with Crippen molar-refractivity contribution >= 4 is 39.3 Å². The van der Waals surface area contributed by atoms with Gasteiger partial charge < -0.3 is 10.6 Å². The van der Waals surface area contributed by atoms with Crippen LogP contribution in [0, 0.1) is 0 Å². The third-order valence-corrected chi connectivity index (χ3v) is 5.41. The van der Waals surface area contributed by atoms with Crippen molar-refractivity contribution in [3.05, 3.63) is 28.7 Å². The van der Waals surface area contributed by atoms with Gasteiger partial charge in [0, 0.05) is 4.47 Å². The SMILES string of the molecule is NC1=NCC2(CCSCC2)N1c1ccccc1Br. The molecule has 2 heterocycles. The predicted molar refractivity (Wildman–Crippen MR) is 82.4 cm³/mol. The average Bonchev–Trinajstić information content (AvgIpc) is 2.69. The van der Waals surface area contributed by atoms with E-state index < -0.39 is 0 Å². The van der Waals surface area contributed by atoms with Gasteiger partial charge in [-0.3, -0.25) is 4.99 Å². The highest BCUT2D eigenvalue weighted by Gasteiger charge is 2.44. The van der Waals surface area contributed by atoms with Crippen LogP contribution in [0.2, 0.25) is 0 Å². The first kappa shape index (κ1) is 12.4. The number of guanidine groups is 1. The Morgan fingerprint density at radius 3 is 2.72 bits per heavy atom. The maximum absolute atomic E-state index is 6.13. The first-order valence-electron chi connectivity index (χ1n) is 6.15. The number of hydrogen-bond donors (Lipinski definition) is 1. The second kappa shape index (κ2) is 4.78. The molecule has 5 heteroatoms. The van der Waals surface area contributed by atoms with Crippen LogP contribution >= 0.6 is 27.7 Å². The first-order chi connectivity index (χ1) is 8.73. The Labute approximate surface area is 120 Å². The van der Waals surface area contributed by atoms with Gasteiger partial charge >= 0.3 is 0 Å². The van der Waals surface area contributed by atoms with Crippen LogP contribution < -0.4 is 10.6 Å². The van der Waals surface area contributed by atoms with E-state index >= 15 is 0 Å². The van der Waals surface area contributed by atoms with Crippen LogP contribution in [-0.2, 0) is 0 Å². The number of benzene rings is 1. The summed E-state index contributed by atoms with van der Waals surface area (Å²) in [6.45, 7) is 0.834. The van der Waals surface area contributed by atoms with Gasteiger partial charge in [0.15, 0.2) is 5.96 Å². The Bertz CT molecular complexity index is 483. The summed E-state index contributed by atoms with van der Waals surface area (Å²) in [5, 5.41) is 0. The van der Waals surface area contributed by atoms with Crippen LogP contribution in [0.4, 0.5) is 5.69 Å². The van der Waals surface area contributed by atoms with E-state index in [0.29, 0.717) is 5.96 Å². The number of nitrogens with two attached hydrogens (primary N) is 1. The number of anilines is 1. The molecule has 0 aromatic heterocycles. The fraction of sp³-hybridized carbons (Fsp3) is 0.462. The zero-order valence-electron chi connectivity index (χ0n) is 10.1. The summed E-state index contributed by atoms with van der Waals surface area (Å²) in [7, 11) is 0. The molecule has 0 radical (unpaired) electrons. The second-order valence-electron chi connectivity index (χ2n) is 4.80. The molecule has 3 nitrogen and oxygen atoms in total. The number of halogens is 1. The number of hydrogen-bond acceptors (Lipinski definition) is 4. The van der Waals surface area contributed by atoms with Gasteiger partial charge in [-0.15, -0.1) is 0 Å². The maximum Gasteiger partial charge on any atom is 0.196 e. The van der Waals surface area contributed by atoms with Crippen molar-refractivity contribution in [3.63, 3.8) is 0 Å². The maximum atomic E-state index is 6.13. The van der Waals surface area contributed by atoms with E-state index in [4.69, 9.17) is 5.73 Å². The monoisotopic (exact) mass is 325 g/mol. The van der Waals surface area contributed by atoms with Crippen LogP contribution in [0.5, 0.6) is 0 Å². The molecule has 1 aromatic rings. The van der Waals surface area contributed by atoms with Crippen LogP contribution in [-0.4, -0.2) is 29.5 Å². The highest BCUT2D eigenvalue weighted by Crippen LogP contribution is 2.41. The number of rotatable bonds is 1. The van der Waals surface area contributed by atoms with Gasteiger partial charge in [0.25, 0.3) is 0 Å². The molecular formula is C13H16BrN3S. The highest BCUT2D eigenvalue weighted by atomic mass is 79.9. The van der Waals surface area contributed by atoms with Gasteiger partial charge in [0.1, 0.15) is 0 Å². The van der Waals surface area contributed by atoms with Crippen LogP contribution in [0.15, 0.2) is 33.7 Å². The van der Waals surface area contributed by atoms with Crippen molar-refractivity contribution in [3.8, 4) is 0 Å². The summed E-state index contributed by atoms with van der Waals surface area (Å²) in [5.74, 6) is 3.06. The molecule has 2 N–H and O–H groups in total. The summed E-state index contributed by atoms with van der Waals surface area (Å²) >= 11 is 5.65. The molecule has 1 fully saturated rings. The summed E-state index contributed by atoms with van der Waals surface area (Å²) in [6, 6.07) is 8.25. The molecule has 2 aliphatic heterocycles. The second-order valence-corrected chi connectivity index (χ2v) is 6.88. The van der Waals surface area contributed by atoms with Crippen molar-refractivity contribution in [2.24, 2.45) is 10.7 Å². The zero-order valence-corrected chi connectivity index (χ0v) is 12.5. The van der Waals surface area contributed by atoms with Gasteiger partial charge in [0.05, 0.1) is 17.8 Å². The van der Waals surface area contributed by atoms with E-state index in [-0.39, 0.29) is 5.54 Å². The highest BCUT2D eigenvalue weighted by molar-refractivity contribution is 9.10. The van der Waals surface area contributed by atoms with Gasteiger partial charge in [0.2, 0.25) is 0 Å². The third-order valence-electron chi connectivity index (χ3n) is 3.76. The molecular weight excluding hydrogens is 310 g/mol. The Hall–Kier alpha value is -0.680. The third kappa shape index (κ3) is 1.93. The lowest BCUT2D eigenvalue weighted by Crippen LogP contribution is -2.54. The minimum absolute atomic E-state index is 0.110. The predicted octanol–water partition coefficient (Wildman–Crippen LogP) is 2.85. The average molecular weight is 326 g/mol.